The summed E-state index contributed by atoms with van der Waals surface area (Å²) in [5.41, 5.74) is 0.0378. The zero-order chi connectivity index (χ0) is 12.7. The minimum Gasteiger partial charge on any atom is -0.396 e. The molecule has 0 spiro atoms. The number of aliphatic hydroxyl groups excluding tert-OH is 1. The van der Waals surface area contributed by atoms with Crippen LogP contribution in [0.3, 0.4) is 0 Å². The minimum absolute atomic E-state index is 0.180. The molecule has 1 aromatic rings. The van der Waals surface area contributed by atoms with E-state index in [1.54, 1.807) is 6.92 Å². The molecule has 1 rings (SSSR count). The lowest BCUT2D eigenvalue weighted by molar-refractivity contribution is 0.0525. The van der Waals surface area contributed by atoms with Gasteiger partial charge in [-0.25, -0.2) is 0 Å². The van der Waals surface area contributed by atoms with Crippen LogP contribution in [0.5, 0.6) is 0 Å². The van der Waals surface area contributed by atoms with Crippen molar-refractivity contribution in [2.24, 2.45) is 0 Å². The van der Waals surface area contributed by atoms with Crippen LogP contribution in [0, 0.1) is 0 Å². The second kappa shape index (κ2) is 6.74. The smallest absolute Gasteiger partial charge is 0.0992 e. The Morgan fingerprint density at radius 1 is 1.29 bits per heavy atom. The van der Waals surface area contributed by atoms with Gasteiger partial charge in [0.15, 0.2) is 0 Å². The van der Waals surface area contributed by atoms with Gasteiger partial charge in [0.25, 0.3) is 0 Å². The molecule has 0 aromatic heterocycles. The summed E-state index contributed by atoms with van der Waals surface area (Å²) in [6.07, 6.45) is 1.67. The third kappa shape index (κ3) is 4.46. The van der Waals surface area contributed by atoms with E-state index in [0.29, 0.717) is 6.54 Å². The normalized spacial score (nSPS) is 16.5. The lowest BCUT2D eigenvalue weighted by atomic mass is 9.95. The van der Waals surface area contributed by atoms with Crippen molar-refractivity contribution in [2.45, 2.75) is 38.3 Å². The van der Waals surface area contributed by atoms with Gasteiger partial charge in [0.2, 0.25) is 0 Å². The first kappa shape index (κ1) is 14.2. The molecule has 0 bridgehead atoms. The summed E-state index contributed by atoms with van der Waals surface area (Å²) in [6, 6.07) is 9.90. The van der Waals surface area contributed by atoms with E-state index >= 15 is 0 Å². The highest BCUT2D eigenvalue weighted by molar-refractivity contribution is 5.21. The summed E-state index contributed by atoms with van der Waals surface area (Å²) in [5, 5.41) is 22.6. The minimum atomic E-state index is -0.871. The van der Waals surface area contributed by atoms with Crippen LogP contribution in [0.15, 0.2) is 30.3 Å². The fourth-order valence-corrected chi connectivity index (χ4v) is 1.85. The van der Waals surface area contributed by atoms with Crippen LogP contribution in [0.4, 0.5) is 0 Å². The summed E-state index contributed by atoms with van der Waals surface area (Å²) in [5.74, 6) is 0. The third-order valence-corrected chi connectivity index (χ3v) is 3.10. The van der Waals surface area contributed by atoms with E-state index < -0.39 is 5.60 Å². The maximum Gasteiger partial charge on any atom is 0.0992 e. The van der Waals surface area contributed by atoms with Gasteiger partial charge >= 0.3 is 0 Å². The largest absolute Gasteiger partial charge is 0.396 e. The van der Waals surface area contributed by atoms with Crippen molar-refractivity contribution < 1.29 is 10.2 Å². The average molecular weight is 237 g/mol. The average Bonchev–Trinajstić information content (AvgIpc) is 2.35. The molecule has 96 valence electrons. The highest BCUT2D eigenvalue weighted by Gasteiger charge is 2.23. The Balaban J connectivity index is 2.55. The van der Waals surface area contributed by atoms with Gasteiger partial charge in [0, 0.05) is 19.2 Å². The van der Waals surface area contributed by atoms with Crippen molar-refractivity contribution in [3.05, 3.63) is 35.9 Å². The van der Waals surface area contributed by atoms with E-state index in [1.165, 1.54) is 0 Å². The Bertz CT molecular complexity index is 311. The molecule has 17 heavy (non-hydrogen) atoms. The maximum atomic E-state index is 10.4. The summed E-state index contributed by atoms with van der Waals surface area (Å²) < 4.78 is 0. The number of hydrogen-bond donors (Lipinski definition) is 3. The van der Waals surface area contributed by atoms with Gasteiger partial charge in [0.1, 0.15) is 0 Å². The van der Waals surface area contributed by atoms with Crippen molar-refractivity contribution in [3.63, 3.8) is 0 Å². The molecule has 0 heterocycles. The molecule has 3 heteroatoms. The first-order chi connectivity index (χ1) is 8.10. The highest BCUT2D eigenvalue weighted by atomic mass is 16.3. The van der Waals surface area contributed by atoms with E-state index in [4.69, 9.17) is 5.11 Å². The van der Waals surface area contributed by atoms with Crippen LogP contribution in [0.1, 0.15) is 32.3 Å². The lowest BCUT2D eigenvalue weighted by Gasteiger charge is -2.27. The molecule has 0 aliphatic heterocycles. The quantitative estimate of drug-likeness (QED) is 0.676. The fourth-order valence-electron chi connectivity index (χ4n) is 1.85. The molecule has 0 radical (unpaired) electrons. The van der Waals surface area contributed by atoms with Crippen LogP contribution in [0.2, 0.25) is 0 Å². The first-order valence-electron chi connectivity index (χ1n) is 6.22. The van der Waals surface area contributed by atoms with Crippen LogP contribution in [-0.4, -0.2) is 29.4 Å². The molecule has 1 aromatic carbocycles. The summed E-state index contributed by atoms with van der Waals surface area (Å²) in [7, 11) is 0. The molecule has 0 aliphatic rings. The molecule has 2 unspecified atom stereocenters. The van der Waals surface area contributed by atoms with Gasteiger partial charge < -0.3 is 15.5 Å². The number of rotatable bonds is 7. The molecule has 2 atom stereocenters. The molecule has 3 nitrogen and oxygen atoms in total. The topological polar surface area (TPSA) is 52.5 Å². The molecule has 3 N–H and O–H groups in total. The molecular weight excluding hydrogens is 214 g/mol. The Labute approximate surface area is 103 Å². The van der Waals surface area contributed by atoms with Crippen molar-refractivity contribution in [1.82, 2.24) is 5.32 Å². The number of benzene rings is 1. The van der Waals surface area contributed by atoms with Crippen LogP contribution < -0.4 is 5.32 Å². The predicted molar refractivity (Wildman–Crippen MR) is 69.8 cm³/mol. The number of aliphatic hydroxyl groups is 2. The van der Waals surface area contributed by atoms with Crippen molar-refractivity contribution in [3.8, 4) is 0 Å². The van der Waals surface area contributed by atoms with Gasteiger partial charge in [-0.2, -0.15) is 0 Å². The molecule has 0 amide bonds. The standard InChI is InChI=1S/C14H23NO2/c1-3-13(9-10-16)15-11-14(2,17)12-7-5-4-6-8-12/h4-8,13,15-17H,3,9-11H2,1-2H3. The summed E-state index contributed by atoms with van der Waals surface area (Å²) >= 11 is 0. The van der Waals surface area contributed by atoms with E-state index in [9.17, 15) is 5.11 Å². The summed E-state index contributed by atoms with van der Waals surface area (Å²) in [6.45, 7) is 4.56. The van der Waals surface area contributed by atoms with E-state index in [2.05, 4.69) is 12.2 Å². The maximum absolute atomic E-state index is 10.4. The zero-order valence-corrected chi connectivity index (χ0v) is 10.7. The lowest BCUT2D eigenvalue weighted by Crippen LogP contribution is -2.41. The molecule has 0 fully saturated rings. The van der Waals surface area contributed by atoms with Gasteiger partial charge in [-0.05, 0) is 25.3 Å². The van der Waals surface area contributed by atoms with E-state index in [1.807, 2.05) is 30.3 Å². The monoisotopic (exact) mass is 237 g/mol. The van der Waals surface area contributed by atoms with E-state index in [0.717, 1.165) is 18.4 Å². The Hall–Kier alpha value is -0.900. The van der Waals surface area contributed by atoms with Crippen LogP contribution in [0.25, 0.3) is 0 Å². The first-order valence-corrected chi connectivity index (χ1v) is 6.22. The zero-order valence-electron chi connectivity index (χ0n) is 10.7. The van der Waals surface area contributed by atoms with Crippen molar-refractivity contribution in [1.29, 1.82) is 0 Å². The van der Waals surface area contributed by atoms with Gasteiger partial charge in [0.05, 0.1) is 5.60 Å². The molecule has 0 saturated heterocycles. The van der Waals surface area contributed by atoms with Crippen molar-refractivity contribution in [2.75, 3.05) is 13.2 Å². The van der Waals surface area contributed by atoms with Crippen LogP contribution >= 0.6 is 0 Å². The second-order valence-corrected chi connectivity index (χ2v) is 4.64. The van der Waals surface area contributed by atoms with Gasteiger partial charge in [-0.1, -0.05) is 37.3 Å². The van der Waals surface area contributed by atoms with Crippen LogP contribution in [-0.2, 0) is 5.60 Å². The van der Waals surface area contributed by atoms with Gasteiger partial charge in [-0.15, -0.1) is 0 Å². The SMILES string of the molecule is CCC(CCO)NCC(C)(O)c1ccccc1. The number of nitrogens with one attached hydrogen (secondary N) is 1. The Kier molecular flexibility index (Phi) is 5.62. The van der Waals surface area contributed by atoms with E-state index in [-0.39, 0.29) is 12.6 Å². The number of hydrogen-bond acceptors (Lipinski definition) is 3. The third-order valence-electron chi connectivity index (χ3n) is 3.10. The van der Waals surface area contributed by atoms with Gasteiger partial charge in [-0.3, -0.25) is 0 Å². The predicted octanol–water partition coefficient (Wildman–Crippen LogP) is 1.64. The van der Waals surface area contributed by atoms with Crippen molar-refractivity contribution >= 4 is 0 Å². The highest BCUT2D eigenvalue weighted by Crippen LogP contribution is 2.19. The molecule has 0 aliphatic carbocycles. The summed E-state index contributed by atoms with van der Waals surface area (Å²) in [4.78, 5) is 0. The fraction of sp³-hybridized carbons (Fsp3) is 0.571. The second-order valence-electron chi connectivity index (χ2n) is 4.64. The molecule has 0 saturated carbocycles. The molecular formula is C14H23NO2. The Morgan fingerprint density at radius 2 is 1.94 bits per heavy atom. The Morgan fingerprint density at radius 3 is 2.47 bits per heavy atom.